The Morgan fingerprint density at radius 3 is 2.61 bits per heavy atom. The Hall–Kier alpha value is -2.80. The lowest BCUT2D eigenvalue weighted by Gasteiger charge is -2.21. The molecule has 4 rings (SSSR count). The summed E-state index contributed by atoms with van der Waals surface area (Å²) in [6.45, 7) is 3.48. The van der Waals surface area contributed by atoms with Gasteiger partial charge in [-0.1, -0.05) is 22.0 Å². The second-order valence-corrected chi connectivity index (χ2v) is 7.59. The molecule has 0 aliphatic carbocycles. The fourth-order valence-electron chi connectivity index (χ4n) is 3.20. The molecule has 3 aromatic rings. The molecule has 2 heterocycles. The number of nitrogens with zero attached hydrogens (tertiary/aromatic N) is 3. The van der Waals surface area contributed by atoms with Crippen LogP contribution in [0.5, 0.6) is 11.5 Å². The van der Waals surface area contributed by atoms with Crippen molar-refractivity contribution in [1.82, 2.24) is 14.7 Å². The third-order valence-corrected chi connectivity index (χ3v) is 5.21. The van der Waals surface area contributed by atoms with E-state index < -0.39 is 0 Å². The Morgan fingerprint density at radius 1 is 1.14 bits per heavy atom. The van der Waals surface area contributed by atoms with Crippen molar-refractivity contribution in [1.29, 1.82) is 0 Å². The molecule has 0 unspecified atom stereocenters. The average Bonchev–Trinajstić information content (AvgIpc) is 3.09. The molecule has 1 amide bonds. The molecule has 0 N–H and O–H groups in total. The Morgan fingerprint density at radius 2 is 1.86 bits per heavy atom. The number of rotatable bonds is 4. The topological polar surface area (TPSA) is 56.6 Å². The third-order valence-electron chi connectivity index (χ3n) is 4.68. The Kier molecular flexibility index (Phi) is 5.09. The first-order valence-electron chi connectivity index (χ1n) is 8.97. The number of hydrogen-bond acceptors (Lipinski definition) is 4. The van der Waals surface area contributed by atoms with Gasteiger partial charge in [0, 0.05) is 18.1 Å². The number of amides is 1. The number of ether oxygens (including phenoxy) is 2. The maximum atomic E-state index is 13.0. The molecule has 2 aromatic carbocycles. The van der Waals surface area contributed by atoms with Crippen LogP contribution in [0.25, 0.3) is 5.69 Å². The van der Waals surface area contributed by atoms with Gasteiger partial charge in [-0.2, -0.15) is 5.10 Å². The SMILES string of the molecule is Cc1c(C(=O)N(C)Cc2ccc3c(c2)OCCO3)cnn1-c1ccc(Br)cc1. The Bertz CT molecular complexity index is 1010. The van der Waals surface area contributed by atoms with Crippen LogP contribution in [0.3, 0.4) is 0 Å². The smallest absolute Gasteiger partial charge is 0.257 e. The monoisotopic (exact) mass is 441 g/mol. The van der Waals surface area contributed by atoms with Crippen LogP contribution < -0.4 is 9.47 Å². The standard InChI is InChI=1S/C21H20BrN3O3/c1-14-18(12-23-25(14)17-6-4-16(22)5-7-17)21(26)24(2)13-15-3-8-19-20(11-15)28-10-9-27-19/h3-8,11-12H,9-10,13H2,1-2H3. The van der Waals surface area contributed by atoms with Gasteiger partial charge in [-0.05, 0) is 48.9 Å². The number of carbonyl (C=O) groups is 1. The molecule has 1 aliphatic heterocycles. The molecule has 1 aromatic heterocycles. The fraction of sp³-hybridized carbons (Fsp3) is 0.238. The summed E-state index contributed by atoms with van der Waals surface area (Å²) in [7, 11) is 1.79. The van der Waals surface area contributed by atoms with Crippen LogP contribution in [0, 0.1) is 6.92 Å². The van der Waals surface area contributed by atoms with Crippen molar-refractivity contribution < 1.29 is 14.3 Å². The van der Waals surface area contributed by atoms with E-state index in [2.05, 4.69) is 21.0 Å². The zero-order chi connectivity index (χ0) is 19.7. The number of benzene rings is 2. The maximum Gasteiger partial charge on any atom is 0.257 e. The van der Waals surface area contributed by atoms with Gasteiger partial charge in [0.15, 0.2) is 11.5 Å². The van der Waals surface area contributed by atoms with Crippen LogP contribution in [0.2, 0.25) is 0 Å². The van der Waals surface area contributed by atoms with Crippen LogP contribution in [-0.2, 0) is 6.54 Å². The largest absolute Gasteiger partial charge is 0.486 e. The van der Waals surface area contributed by atoms with E-state index in [1.165, 1.54) is 0 Å². The number of halogens is 1. The molecular formula is C21H20BrN3O3. The van der Waals surface area contributed by atoms with Gasteiger partial charge in [0.25, 0.3) is 5.91 Å². The highest BCUT2D eigenvalue weighted by atomic mass is 79.9. The van der Waals surface area contributed by atoms with Gasteiger partial charge >= 0.3 is 0 Å². The van der Waals surface area contributed by atoms with E-state index in [0.29, 0.717) is 25.3 Å². The summed E-state index contributed by atoms with van der Waals surface area (Å²) < 4.78 is 13.9. The number of hydrogen-bond donors (Lipinski definition) is 0. The van der Waals surface area contributed by atoms with Crippen LogP contribution in [0.1, 0.15) is 21.6 Å². The lowest BCUT2D eigenvalue weighted by Crippen LogP contribution is -2.26. The predicted molar refractivity (Wildman–Crippen MR) is 109 cm³/mol. The predicted octanol–water partition coefficient (Wildman–Crippen LogP) is 3.99. The van der Waals surface area contributed by atoms with E-state index in [1.54, 1.807) is 22.8 Å². The molecule has 0 bridgehead atoms. The van der Waals surface area contributed by atoms with Crippen LogP contribution >= 0.6 is 15.9 Å². The van der Waals surface area contributed by atoms with Gasteiger partial charge in [-0.3, -0.25) is 4.79 Å². The van der Waals surface area contributed by atoms with Gasteiger partial charge in [-0.25, -0.2) is 4.68 Å². The first-order chi connectivity index (χ1) is 13.5. The van der Waals surface area contributed by atoms with Crippen molar-refractivity contribution in [2.75, 3.05) is 20.3 Å². The van der Waals surface area contributed by atoms with Gasteiger partial charge in [0.05, 0.1) is 23.1 Å². The molecule has 6 nitrogen and oxygen atoms in total. The highest BCUT2D eigenvalue weighted by Crippen LogP contribution is 2.31. The summed E-state index contributed by atoms with van der Waals surface area (Å²) in [5.74, 6) is 1.40. The molecule has 0 saturated carbocycles. The molecule has 0 radical (unpaired) electrons. The number of fused-ring (bicyclic) bond motifs is 1. The summed E-state index contributed by atoms with van der Waals surface area (Å²) in [4.78, 5) is 14.6. The minimum absolute atomic E-state index is 0.0734. The highest BCUT2D eigenvalue weighted by Gasteiger charge is 2.20. The lowest BCUT2D eigenvalue weighted by atomic mass is 10.1. The van der Waals surface area contributed by atoms with Gasteiger partial charge in [0.1, 0.15) is 13.2 Å². The van der Waals surface area contributed by atoms with E-state index in [1.807, 2.05) is 49.4 Å². The molecule has 144 valence electrons. The second-order valence-electron chi connectivity index (χ2n) is 6.67. The summed E-state index contributed by atoms with van der Waals surface area (Å²) >= 11 is 3.43. The van der Waals surface area contributed by atoms with E-state index >= 15 is 0 Å². The zero-order valence-corrected chi connectivity index (χ0v) is 17.3. The molecule has 0 spiro atoms. The first kappa shape index (κ1) is 18.6. The van der Waals surface area contributed by atoms with E-state index in [9.17, 15) is 4.79 Å². The van der Waals surface area contributed by atoms with E-state index in [0.717, 1.165) is 32.9 Å². The lowest BCUT2D eigenvalue weighted by molar-refractivity contribution is 0.0784. The molecule has 0 saturated heterocycles. The van der Waals surface area contributed by atoms with Crippen molar-refractivity contribution in [2.24, 2.45) is 0 Å². The normalized spacial score (nSPS) is 12.7. The van der Waals surface area contributed by atoms with Crippen LogP contribution in [0.15, 0.2) is 53.1 Å². The minimum atomic E-state index is -0.0734. The van der Waals surface area contributed by atoms with Crippen molar-refractivity contribution in [3.8, 4) is 17.2 Å². The summed E-state index contributed by atoms with van der Waals surface area (Å²) in [6.07, 6.45) is 1.63. The molecule has 0 fully saturated rings. The Balaban J connectivity index is 1.52. The molecule has 7 heteroatoms. The first-order valence-corrected chi connectivity index (χ1v) is 9.77. The minimum Gasteiger partial charge on any atom is -0.486 e. The van der Waals surface area contributed by atoms with Gasteiger partial charge in [0.2, 0.25) is 0 Å². The van der Waals surface area contributed by atoms with Crippen LogP contribution in [-0.4, -0.2) is 40.8 Å². The molecular weight excluding hydrogens is 422 g/mol. The van der Waals surface area contributed by atoms with Gasteiger partial charge < -0.3 is 14.4 Å². The second kappa shape index (κ2) is 7.67. The fourth-order valence-corrected chi connectivity index (χ4v) is 3.46. The molecule has 0 atom stereocenters. The van der Waals surface area contributed by atoms with E-state index in [4.69, 9.17) is 9.47 Å². The average molecular weight is 442 g/mol. The van der Waals surface area contributed by atoms with Crippen LogP contribution in [0.4, 0.5) is 0 Å². The maximum absolute atomic E-state index is 13.0. The van der Waals surface area contributed by atoms with Crippen molar-refractivity contribution in [3.05, 3.63) is 70.0 Å². The van der Waals surface area contributed by atoms with E-state index in [-0.39, 0.29) is 5.91 Å². The van der Waals surface area contributed by atoms with Crippen molar-refractivity contribution in [2.45, 2.75) is 13.5 Å². The zero-order valence-electron chi connectivity index (χ0n) is 15.7. The Labute approximate surface area is 171 Å². The number of aromatic nitrogens is 2. The number of carbonyl (C=O) groups excluding carboxylic acids is 1. The van der Waals surface area contributed by atoms with Gasteiger partial charge in [-0.15, -0.1) is 0 Å². The van der Waals surface area contributed by atoms with Crippen molar-refractivity contribution >= 4 is 21.8 Å². The quantitative estimate of drug-likeness (QED) is 0.614. The summed E-state index contributed by atoms with van der Waals surface area (Å²) in [6, 6.07) is 13.6. The summed E-state index contributed by atoms with van der Waals surface area (Å²) in [5, 5.41) is 4.40. The molecule has 1 aliphatic rings. The summed E-state index contributed by atoms with van der Waals surface area (Å²) in [5.41, 5.74) is 3.29. The third kappa shape index (κ3) is 3.62. The highest BCUT2D eigenvalue weighted by molar-refractivity contribution is 9.10. The molecule has 28 heavy (non-hydrogen) atoms. The van der Waals surface area contributed by atoms with Crippen molar-refractivity contribution in [3.63, 3.8) is 0 Å².